The van der Waals surface area contributed by atoms with E-state index in [2.05, 4.69) is 0 Å². The SMILES string of the molecule is COc1ccccc1OCCN1C(=O)S/C(=C\C=C\c2ccccc2Cl)C1=O. The van der Waals surface area contributed by atoms with Crippen LogP contribution in [0.4, 0.5) is 4.79 Å². The second-order valence-electron chi connectivity index (χ2n) is 5.74. The number of benzene rings is 2. The average Bonchev–Trinajstić information content (AvgIpc) is 2.97. The van der Waals surface area contributed by atoms with Gasteiger partial charge in [0.05, 0.1) is 18.6 Å². The number of amides is 2. The number of para-hydroxylation sites is 2. The van der Waals surface area contributed by atoms with Gasteiger partial charge in [-0.2, -0.15) is 0 Å². The summed E-state index contributed by atoms with van der Waals surface area (Å²) in [5.41, 5.74) is 0.838. The lowest BCUT2D eigenvalue weighted by atomic mass is 10.2. The van der Waals surface area contributed by atoms with Crippen LogP contribution in [0.15, 0.2) is 65.6 Å². The van der Waals surface area contributed by atoms with Gasteiger partial charge in [-0.25, -0.2) is 0 Å². The second kappa shape index (κ2) is 9.48. The van der Waals surface area contributed by atoms with Crippen molar-refractivity contribution in [2.45, 2.75) is 0 Å². The van der Waals surface area contributed by atoms with E-state index in [1.54, 1.807) is 43.5 Å². The predicted molar refractivity (Wildman–Crippen MR) is 112 cm³/mol. The minimum Gasteiger partial charge on any atom is -0.493 e. The van der Waals surface area contributed by atoms with Crippen LogP contribution in [0.1, 0.15) is 5.56 Å². The number of methoxy groups -OCH3 is 1. The molecule has 0 atom stereocenters. The molecule has 0 aliphatic carbocycles. The number of imide groups is 1. The van der Waals surface area contributed by atoms with E-state index in [0.29, 0.717) is 21.4 Å². The zero-order valence-corrected chi connectivity index (χ0v) is 16.7. The third-order valence-corrected chi connectivity index (χ3v) is 5.21. The molecule has 2 amide bonds. The van der Waals surface area contributed by atoms with Gasteiger partial charge in [0, 0.05) is 5.02 Å². The van der Waals surface area contributed by atoms with Gasteiger partial charge in [0.15, 0.2) is 11.5 Å². The minimum atomic E-state index is -0.331. The Morgan fingerprint density at radius 1 is 1.07 bits per heavy atom. The van der Waals surface area contributed by atoms with Crippen LogP contribution in [0.3, 0.4) is 0 Å². The van der Waals surface area contributed by atoms with E-state index in [4.69, 9.17) is 21.1 Å². The van der Waals surface area contributed by atoms with Crippen LogP contribution in [-0.4, -0.2) is 36.3 Å². The molecule has 0 radical (unpaired) electrons. The zero-order valence-electron chi connectivity index (χ0n) is 15.1. The van der Waals surface area contributed by atoms with E-state index in [9.17, 15) is 9.59 Å². The van der Waals surface area contributed by atoms with Crippen molar-refractivity contribution in [3.63, 3.8) is 0 Å². The lowest BCUT2D eigenvalue weighted by Crippen LogP contribution is -2.32. The Bertz CT molecular complexity index is 942. The first-order chi connectivity index (χ1) is 13.6. The fraction of sp³-hybridized carbons (Fsp3) is 0.143. The van der Waals surface area contributed by atoms with Crippen LogP contribution in [0.25, 0.3) is 6.08 Å². The highest BCUT2D eigenvalue weighted by atomic mass is 35.5. The van der Waals surface area contributed by atoms with Crippen molar-refractivity contribution in [3.05, 3.63) is 76.2 Å². The molecule has 0 unspecified atom stereocenters. The molecule has 0 N–H and O–H groups in total. The van der Waals surface area contributed by atoms with Gasteiger partial charge in [-0.3, -0.25) is 14.5 Å². The number of nitrogens with zero attached hydrogens (tertiary/aromatic N) is 1. The van der Waals surface area contributed by atoms with E-state index in [-0.39, 0.29) is 24.3 Å². The van der Waals surface area contributed by atoms with Crippen LogP contribution in [0, 0.1) is 0 Å². The molecule has 28 heavy (non-hydrogen) atoms. The summed E-state index contributed by atoms with van der Waals surface area (Å²) in [6.07, 6.45) is 5.12. The number of thioether (sulfide) groups is 1. The molecule has 0 spiro atoms. The molecule has 1 heterocycles. The summed E-state index contributed by atoms with van der Waals surface area (Å²) >= 11 is 7.00. The minimum absolute atomic E-state index is 0.161. The van der Waals surface area contributed by atoms with E-state index < -0.39 is 0 Å². The van der Waals surface area contributed by atoms with Crippen LogP contribution >= 0.6 is 23.4 Å². The molecular formula is C21H18ClNO4S. The van der Waals surface area contributed by atoms with Gasteiger partial charge in [0.1, 0.15) is 6.61 Å². The van der Waals surface area contributed by atoms with E-state index in [0.717, 1.165) is 17.3 Å². The van der Waals surface area contributed by atoms with Crippen LogP contribution in [0.5, 0.6) is 11.5 Å². The molecule has 7 heteroatoms. The van der Waals surface area contributed by atoms with Crippen molar-refractivity contribution in [1.82, 2.24) is 4.90 Å². The third-order valence-electron chi connectivity index (χ3n) is 3.94. The molecule has 1 aliphatic rings. The first kappa shape index (κ1) is 20.0. The molecular weight excluding hydrogens is 398 g/mol. The van der Waals surface area contributed by atoms with E-state index in [1.807, 2.05) is 30.3 Å². The third kappa shape index (κ3) is 4.77. The molecule has 0 saturated carbocycles. The summed E-state index contributed by atoms with van der Waals surface area (Å²) in [5, 5.41) is 0.305. The fourth-order valence-corrected chi connectivity index (χ4v) is 3.56. The molecule has 5 nitrogen and oxygen atoms in total. The lowest BCUT2D eigenvalue weighted by Gasteiger charge is -2.14. The van der Waals surface area contributed by atoms with Crippen molar-refractivity contribution in [2.24, 2.45) is 0 Å². The van der Waals surface area contributed by atoms with Gasteiger partial charge in [0.2, 0.25) is 0 Å². The number of hydrogen-bond acceptors (Lipinski definition) is 5. The first-order valence-electron chi connectivity index (χ1n) is 8.52. The molecule has 2 aromatic rings. The molecule has 1 saturated heterocycles. The number of hydrogen-bond donors (Lipinski definition) is 0. The Hall–Kier alpha value is -2.70. The number of halogens is 1. The predicted octanol–water partition coefficient (Wildman–Crippen LogP) is 5.02. The number of carbonyl (C=O) groups is 2. The number of carbonyl (C=O) groups excluding carboxylic acids is 2. The topological polar surface area (TPSA) is 55.8 Å². The summed E-state index contributed by atoms with van der Waals surface area (Å²) in [6, 6.07) is 14.6. The Balaban J connectivity index is 1.59. The van der Waals surface area contributed by atoms with Gasteiger partial charge in [0.25, 0.3) is 11.1 Å². The maximum atomic E-state index is 12.5. The maximum Gasteiger partial charge on any atom is 0.293 e. The van der Waals surface area contributed by atoms with Gasteiger partial charge < -0.3 is 9.47 Å². The quantitative estimate of drug-likeness (QED) is 0.594. The summed E-state index contributed by atoms with van der Waals surface area (Å²) in [4.78, 5) is 26.2. The smallest absolute Gasteiger partial charge is 0.293 e. The van der Waals surface area contributed by atoms with E-state index in [1.165, 1.54) is 4.90 Å². The lowest BCUT2D eigenvalue weighted by molar-refractivity contribution is -0.123. The monoisotopic (exact) mass is 415 g/mol. The maximum absolute atomic E-state index is 12.5. The Morgan fingerprint density at radius 3 is 2.54 bits per heavy atom. The van der Waals surface area contributed by atoms with Crippen molar-refractivity contribution in [1.29, 1.82) is 0 Å². The van der Waals surface area contributed by atoms with Crippen molar-refractivity contribution in [2.75, 3.05) is 20.3 Å². The van der Waals surface area contributed by atoms with Crippen molar-refractivity contribution < 1.29 is 19.1 Å². The summed E-state index contributed by atoms with van der Waals surface area (Å²) in [5.74, 6) is 0.832. The van der Waals surface area contributed by atoms with Crippen molar-refractivity contribution >= 4 is 40.6 Å². The Labute approximate surface area is 172 Å². The molecule has 2 aromatic carbocycles. The average molecular weight is 416 g/mol. The second-order valence-corrected chi connectivity index (χ2v) is 7.14. The highest BCUT2D eigenvalue weighted by molar-refractivity contribution is 8.18. The van der Waals surface area contributed by atoms with Crippen LogP contribution < -0.4 is 9.47 Å². The zero-order chi connectivity index (χ0) is 19.9. The largest absolute Gasteiger partial charge is 0.493 e. The highest BCUT2D eigenvalue weighted by Gasteiger charge is 2.34. The van der Waals surface area contributed by atoms with Gasteiger partial charge in [-0.1, -0.05) is 54.1 Å². The normalized spacial score (nSPS) is 15.6. The van der Waals surface area contributed by atoms with Gasteiger partial charge in [-0.05, 0) is 41.6 Å². The molecule has 1 aliphatic heterocycles. The van der Waals surface area contributed by atoms with Gasteiger partial charge in [-0.15, -0.1) is 0 Å². The Morgan fingerprint density at radius 2 is 1.79 bits per heavy atom. The van der Waals surface area contributed by atoms with Gasteiger partial charge >= 0.3 is 0 Å². The molecule has 1 fully saturated rings. The van der Waals surface area contributed by atoms with Crippen LogP contribution in [-0.2, 0) is 4.79 Å². The standard InChI is InChI=1S/C21H18ClNO4S/c1-26-17-10-4-5-11-18(17)27-14-13-23-20(24)19(28-21(23)25)12-6-8-15-7-2-3-9-16(15)22/h2-12H,13-14H2,1H3/b8-6+,19-12-. The summed E-state index contributed by atoms with van der Waals surface area (Å²) in [7, 11) is 1.56. The fourth-order valence-electron chi connectivity index (χ4n) is 2.54. The number of ether oxygens (including phenoxy) is 2. The molecule has 0 bridgehead atoms. The summed E-state index contributed by atoms with van der Waals surface area (Å²) < 4.78 is 10.9. The first-order valence-corrected chi connectivity index (χ1v) is 9.72. The number of rotatable bonds is 7. The molecule has 144 valence electrons. The van der Waals surface area contributed by atoms with Crippen LogP contribution in [0.2, 0.25) is 5.02 Å². The highest BCUT2D eigenvalue weighted by Crippen LogP contribution is 2.31. The van der Waals surface area contributed by atoms with Crippen molar-refractivity contribution in [3.8, 4) is 11.5 Å². The summed E-state index contributed by atoms with van der Waals surface area (Å²) in [6.45, 7) is 0.343. The Kier molecular flexibility index (Phi) is 6.79. The number of allylic oxidation sites excluding steroid dienone is 2. The van der Waals surface area contributed by atoms with E-state index >= 15 is 0 Å². The molecule has 0 aromatic heterocycles. The molecule has 3 rings (SSSR count).